The van der Waals surface area contributed by atoms with Gasteiger partial charge in [-0.3, -0.25) is 9.59 Å². The Labute approximate surface area is 168 Å². The maximum Gasteiger partial charge on any atom is 0.328 e. The van der Waals surface area contributed by atoms with E-state index >= 15 is 0 Å². The molecule has 1 rings (SSSR count). The summed E-state index contributed by atoms with van der Waals surface area (Å²) in [6.07, 6.45) is 7.46. The van der Waals surface area contributed by atoms with Crippen LogP contribution in [-0.4, -0.2) is 37.0 Å². The van der Waals surface area contributed by atoms with Gasteiger partial charge < -0.3 is 15.4 Å². The SMILES string of the molecule is CCCCCCCC[C@H](NC(=O)[C@@H](Cc1ccccc1)NC(C)=O)C(=O)OC. The summed E-state index contributed by atoms with van der Waals surface area (Å²) in [7, 11) is 1.32. The van der Waals surface area contributed by atoms with Crippen molar-refractivity contribution in [1.29, 1.82) is 0 Å². The lowest BCUT2D eigenvalue weighted by Crippen LogP contribution is -2.52. The van der Waals surface area contributed by atoms with Crippen molar-refractivity contribution in [2.45, 2.75) is 77.3 Å². The summed E-state index contributed by atoms with van der Waals surface area (Å²) in [6.45, 7) is 3.54. The average Bonchev–Trinajstić information content (AvgIpc) is 2.68. The molecule has 0 saturated heterocycles. The molecule has 0 saturated carbocycles. The van der Waals surface area contributed by atoms with Crippen LogP contribution in [0.1, 0.15) is 64.4 Å². The number of ether oxygens (including phenoxy) is 1. The molecule has 2 atom stereocenters. The Morgan fingerprint density at radius 3 is 2.18 bits per heavy atom. The largest absolute Gasteiger partial charge is 0.467 e. The zero-order valence-electron chi connectivity index (χ0n) is 17.3. The quantitative estimate of drug-likeness (QED) is 0.400. The van der Waals surface area contributed by atoms with Gasteiger partial charge in [0.2, 0.25) is 11.8 Å². The Balaban J connectivity index is 2.67. The molecule has 0 radical (unpaired) electrons. The second-order valence-corrected chi connectivity index (χ2v) is 7.08. The predicted molar refractivity (Wildman–Crippen MR) is 110 cm³/mol. The standard InChI is InChI=1S/C22H34N2O4/c1-4-5-6-7-8-12-15-19(22(27)28-3)24-21(26)20(23-17(2)25)16-18-13-10-9-11-14-18/h9-11,13-14,19-20H,4-8,12,15-16H2,1-3H3,(H,23,25)(H,24,26)/t19-,20+/m0/s1. The molecule has 0 aliphatic carbocycles. The number of carbonyl (C=O) groups excluding carboxylic acids is 3. The molecule has 0 heterocycles. The van der Waals surface area contributed by atoms with Crippen LogP contribution in [0.25, 0.3) is 0 Å². The van der Waals surface area contributed by atoms with Gasteiger partial charge in [-0.05, 0) is 12.0 Å². The number of esters is 1. The van der Waals surface area contributed by atoms with Gasteiger partial charge in [-0.25, -0.2) is 4.79 Å². The monoisotopic (exact) mass is 390 g/mol. The molecule has 0 aliphatic heterocycles. The van der Waals surface area contributed by atoms with Gasteiger partial charge in [0.15, 0.2) is 0 Å². The second-order valence-electron chi connectivity index (χ2n) is 7.08. The Bertz CT molecular complexity index is 604. The second kappa shape index (κ2) is 13.7. The molecule has 0 bridgehead atoms. The number of amides is 2. The fourth-order valence-electron chi connectivity index (χ4n) is 3.10. The molecule has 156 valence electrons. The van der Waals surface area contributed by atoms with Crippen molar-refractivity contribution in [2.75, 3.05) is 7.11 Å². The number of benzene rings is 1. The van der Waals surface area contributed by atoms with Crippen molar-refractivity contribution in [1.82, 2.24) is 10.6 Å². The lowest BCUT2D eigenvalue weighted by atomic mass is 10.0. The Hall–Kier alpha value is -2.37. The van der Waals surface area contributed by atoms with Gasteiger partial charge in [0.05, 0.1) is 7.11 Å². The van der Waals surface area contributed by atoms with Gasteiger partial charge in [-0.2, -0.15) is 0 Å². The van der Waals surface area contributed by atoms with E-state index in [4.69, 9.17) is 4.74 Å². The molecule has 6 heteroatoms. The van der Waals surface area contributed by atoms with E-state index in [9.17, 15) is 14.4 Å². The highest BCUT2D eigenvalue weighted by atomic mass is 16.5. The number of nitrogens with one attached hydrogen (secondary N) is 2. The van der Waals surface area contributed by atoms with Crippen molar-refractivity contribution in [3.63, 3.8) is 0 Å². The lowest BCUT2D eigenvalue weighted by molar-refractivity contribution is -0.145. The number of rotatable bonds is 13. The molecular weight excluding hydrogens is 356 g/mol. The van der Waals surface area contributed by atoms with Crippen LogP contribution in [-0.2, 0) is 25.5 Å². The fraction of sp³-hybridized carbons (Fsp3) is 0.591. The molecule has 0 aliphatic rings. The van der Waals surface area contributed by atoms with Crippen LogP contribution in [0, 0.1) is 0 Å². The van der Waals surface area contributed by atoms with Gasteiger partial charge in [-0.15, -0.1) is 0 Å². The first-order valence-corrected chi connectivity index (χ1v) is 10.2. The van der Waals surface area contributed by atoms with Crippen molar-refractivity contribution >= 4 is 17.8 Å². The summed E-state index contributed by atoms with van der Waals surface area (Å²) in [5.74, 6) is -1.12. The van der Waals surface area contributed by atoms with E-state index in [2.05, 4.69) is 17.6 Å². The van der Waals surface area contributed by atoms with Crippen LogP contribution in [0.5, 0.6) is 0 Å². The average molecular weight is 391 g/mol. The first kappa shape index (κ1) is 23.7. The zero-order chi connectivity index (χ0) is 20.8. The Kier molecular flexibility index (Phi) is 11.6. The first-order valence-electron chi connectivity index (χ1n) is 10.2. The predicted octanol–water partition coefficient (Wildman–Crippen LogP) is 3.14. The van der Waals surface area contributed by atoms with E-state index in [0.717, 1.165) is 24.8 Å². The van der Waals surface area contributed by atoms with Gasteiger partial charge in [0, 0.05) is 13.3 Å². The third-order valence-corrected chi connectivity index (χ3v) is 4.63. The molecule has 1 aromatic carbocycles. The summed E-state index contributed by atoms with van der Waals surface area (Å²) in [4.78, 5) is 36.4. The first-order chi connectivity index (χ1) is 13.5. The minimum Gasteiger partial charge on any atom is -0.467 e. The van der Waals surface area contributed by atoms with Crippen molar-refractivity contribution < 1.29 is 19.1 Å². The number of carbonyl (C=O) groups is 3. The van der Waals surface area contributed by atoms with E-state index in [-0.39, 0.29) is 11.8 Å². The number of methoxy groups -OCH3 is 1. The zero-order valence-corrected chi connectivity index (χ0v) is 17.3. The summed E-state index contributed by atoms with van der Waals surface area (Å²) in [6, 6.07) is 8.02. The molecular formula is C22H34N2O4. The van der Waals surface area contributed by atoms with E-state index in [1.807, 2.05) is 30.3 Å². The maximum absolute atomic E-state index is 12.8. The van der Waals surface area contributed by atoms with E-state index in [0.29, 0.717) is 12.8 Å². The molecule has 0 fully saturated rings. The minimum absolute atomic E-state index is 0.290. The normalized spacial score (nSPS) is 12.7. The van der Waals surface area contributed by atoms with Gasteiger partial charge >= 0.3 is 5.97 Å². The van der Waals surface area contributed by atoms with Crippen molar-refractivity contribution in [3.05, 3.63) is 35.9 Å². The minimum atomic E-state index is -0.739. The fourth-order valence-corrected chi connectivity index (χ4v) is 3.10. The molecule has 0 aromatic heterocycles. The van der Waals surface area contributed by atoms with Crippen molar-refractivity contribution in [2.24, 2.45) is 0 Å². The van der Waals surface area contributed by atoms with Crippen LogP contribution in [0.15, 0.2) is 30.3 Å². The molecule has 2 N–H and O–H groups in total. The van der Waals surface area contributed by atoms with Crippen LogP contribution >= 0.6 is 0 Å². The van der Waals surface area contributed by atoms with Crippen LogP contribution < -0.4 is 10.6 Å². The number of unbranched alkanes of at least 4 members (excludes halogenated alkanes) is 5. The molecule has 2 amide bonds. The summed E-state index contributed by atoms with van der Waals surface area (Å²) in [5.41, 5.74) is 0.932. The van der Waals surface area contributed by atoms with Crippen LogP contribution in [0.2, 0.25) is 0 Å². The van der Waals surface area contributed by atoms with E-state index < -0.39 is 18.1 Å². The summed E-state index contributed by atoms with van der Waals surface area (Å²) >= 11 is 0. The van der Waals surface area contributed by atoms with Gasteiger partial charge in [0.1, 0.15) is 12.1 Å². The van der Waals surface area contributed by atoms with Gasteiger partial charge in [0.25, 0.3) is 0 Å². The number of hydrogen-bond acceptors (Lipinski definition) is 4. The Morgan fingerprint density at radius 1 is 0.929 bits per heavy atom. The van der Waals surface area contributed by atoms with Crippen molar-refractivity contribution in [3.8, 4) is 0 Å². The molecule has 28 heavy (non-hydrogen) atoms. The van der Waals surface area contributed by atoms with E-state index in [1.165, 1.54) is 33.3 Å². The molecule has 1 aromatic rings. The summed E-state index contributed by atoms with van der Waals surface area (Å²) < 4.78 is 4.85. The highest BCUT2D eigenvalue weighted by Crippen LogP contribution is 2.10. The number of hydrogen-bond donors (Lipinski definition) is 2. The highest BCUT2D eigenvalue weighted by molar-refractivity contribution is 5.90. The van der Waals surface area contributed by atoms with Crippen LogP contribution in [0.4, 0.5) is 0 Å². The molecule has 0 unspecified atom stereocenters. The molecule has 0 spiro atoms. The Morgan fingerprint density at radius 2 is 1.57 bits per heavy atom. The topological polar surface area (TPSA) is 84.5 Å². The third-order valence-electron chi connectivity index (χ3n) is 4.63. The highest BCUT2D eigenvalue weighted by Gasteiger charge is 2.26. The maximum atomic E-state index is 12.8. The smallest absolute Gasteiger partial charge is 0.328 e. The third kappa shape index (κ3) is 9.53. The lowest BCUT2D eigenvalue weighted by Gasteiger charge is -2.22. The molecule has 6 nitrogen and oxygen atoms in total. The van der Waals surface area contributed by atoms with E-state index in [1.54, 1.807) is 0 Å². The van der Waals surface area contributed by atoms with Gasteiger partial charge in [-0.1, -0.05) is 75.8 Å². The van der Waals surface area contributed by atoms with Crippen LogP contribution in [0.3, 0.4) is 0 Å². The summed E-state index contributed by atoms with van der Waals surface area (Å²) in [5, 5.41) is 5.45.